The molecule has 1 heterocycles. The fraction of sp³-hybridized carbons (Fsp3) is 0.267. The quantitative estimate of drug-likeness (QED) is 0.927. The summed E-state index contributed by atoms with van der Waals surface area (Å²) in [6.07, 6.45) is 1.47. The van der Waals surface area contributed by atoms with Crippen LogP contribution in [0.4, 0.5) is 0 Å². The van der Waals surface area contributed by atoms with E-state index in [4.69, 9.17) is 5.11 Å². The van der Waals surface area contributed by atoms with E-state index in [9.17, 15) is 9.59 Å². The zero-order valence-corrected chi connectivity index (χ0v) is 12.2. The molecule has 0 unspecified atom stereocenters. The molecule has 6 nitrogen and oxygen atoms in total. The Balaban J connectivity index is 2.35. The molecule has 0 radical (unpaired) electrons. The Morgan fingerprint density at radius 2 is 1.95 bits per heavy atom. The Morgan fingerprint density at radius 3 is 2.57 bits per heavy atom. The molecule has 0 fully saturated rings. The van der Waals surface area contributed by atoms with Gasteiger partial charge in [-0.25, -0.2) is 4.68 Å². The molecule has 21 heavy (non-hydrogen) atoms. The monoisotopic (exact) mass is 287 g/mol. The number of amides is 1. The van der Waals surface area contributed by atoms with Gasteiger partial charge < -0.3 is 10.0 Å². The molecule has 0 atom stereocenters. The maximum atomic E-state index is 12.2. The van der Waals surface area contributed by atoms with Gasteiger partial charge in [-0.15, -0.1) is 0 Å². The van der Waals surface area contributed by atoms with Crippen LogP contribution in [0.25, 0.3) is 5.69 Å². The summed E-state index contributed by atoms with van der Waals surface area (Å²) < 4.78 is 1.69. The summed E-state index contributed by atoms with van der Waals surface area (Å²) in [5.41, 5.74) is 3.03. The number of carboxylic acid groups (broad SMARTS) is 1. The normalized spacial score (nSPS) is 10.4. The summed E-state index contributed by atoms with van der Waals surface area (Å²) in [6, 6.07) is 7.73. The number of aliphatic carboxylic acids is 1. The van der Waals surface area contributed by atoms with Gasteiger partial charge in [-0.3, -0.25) is 9.59 Å². The minimum absolute atomic E-state index is 0.339. The first kappa shape index (κ1) is 14.8. The van der Waals surface area contributed by atoms with Gasteiger partial charge in [0, 0.05) is 7.05 Å². The predicted molar refractivity (Wildman–Crippen MR) is 77.6 cm³/mol. The van der Waals surface area contributed by atoms with Crippen molar-refractivity contribution in [3.8, 4) is 5.69 Å². The van der Waals surface area contributed by atoms with Crippen LogP contribution in [-0.2, 0) is 4.79 Å². The average molecular weight is 287 g/mol. The van der Waals surface area contributed by atoms with E-state index in [1.165, 1.54) is 13.2 Å². The van der Waals surface area contributed by atoms with Gasteiger partial charge in [-0.05, 0) is 25.5 Å². The number of nitrogens with zero attached hydrogens (tertiary/aromatic N) is 3. The van der Waals surface area contributed by atoms with Crippen molar-refractivity contribution in [2.45, 2.75) is 13.8 Å². The average Bonchev–Trinajstić information content (AvgIpc) is 2.79. The van der Waals surface area contributed by atoms with E-state index < -0.39 is 5.97 Å². The lowest BCUT2D eigenvalue weighted by molar-refractivity contribution is -0.137. The molecule has 0 aliphatic carbocycles. The van der Waals surface area contributed by atoms with E-state index in [0.717, 1.165) is 16.2 Å². The number of aromatic nitrogens is 2. The lowest BCUT2D eigenvalue weighted by Crippen LogP contribution is -2.32. The molecule has 1 aromatic heterocycles. The van der Waals surface area contributed by atoms with E-state index in [1.54, 1.807) is 11.6 Å². The van der Waals surface area contributed by atoms with Gasteiger partial charge in [0.15, 0.2) is 0 Å². The number of carbonyl (C=O) groups excluding carboxylic acids is 1. The van der Waals surface area contributed by atoms with E-state index >= 15 is 0 Å². The maximum Gasteiger partial charge on any atom is 0.323 e. The molecule has 2 aromatic rings. The van der Waals surface area contributed by atoms with Crippen LogP contribution in [0.2, 0.25) is 0 Å². The van der Waals surface area contributed by atoms with Crippen LogP contribution in [0, 0.1) is 13.8 Å². The molecule has 1 amide bonds. The van der Waals surface area contributed by atoms with Gasteiger partial charge in [0.2, 0.25) is 0 Å². The molecule has 0 saturated heterocycles. The van der Waals surface area contributed by atoms with E-state index in [0.29, 0.717) is 11.3 Å². The fourth-order valence-corrected chi connectivity index (χ4v) is 2.14. The molecule has 0 saturated carbocycles. The molecule has 110 valence electrons. The minimum Gasteiger partial charge on any atom is -0.480 e. The van der Waals surface area contributed by atoms with Crippen LogP contribution in [0.5, 0.6) is 0 Å². The number of carbonyl (C=O) groups is 2. The van der Waals surface area contributed by atoms with E-state index in [2.05, 4.69) is 5.10 Å². The van der Waals surface area contributed by atoms with Crippen molar-refractivity contribution >= 4 is 11.9 Å². The largest absolute Gasteiger partial charge is 0.480 e. The third kappa shape index (κ3) is 2.94. The van der Waals surface area contributed by atoms with Gasteiger partial charge in [0.05, 0.1) is 23.1 Å². The van der Waals surface area contributed by atoms with Crippen LogP contribution in [0.15, 0.2) is 30.5 Å². The first-order valence-electron chi connectivity index (χ1n) is 6.49. The van der Waals surface area contributed by atoms with Crippen LogP contribution < -0.4 is 0 Å². The van der Waals surface area contributed by atoms with Crippen molar-refractivity contribution in [2.75, 3.05) is 13.6 Å². The molecular weight excluding hydrogens is 270 g/mol. The number of hydrogen-bond donors (Lipinski definition) is 1. The Hall–Kier alpha value is -2.63. The third-order valence-corrected chi connectivity index (χ3v) is 3.30. The van der Waals surface area contributed by atoms with E-state index in [1.807, 2.05) is 31.2 Å². The van der Waals surface area contributed by atoms with Crippen molar-refractivity contribution in [1.82, 2.24) is 14.7 Å². The fourth-order valence-electron chi connectivity index (χ4n) is 2.14. The predicted octanol–water partition coefficient (Wildman–Crippen LogP) is 1.65. The molecular formula is C15H17N3O3. The maximum absolute atomic E-state index is 12.2. The number of rotatable bonds is 4. The second kappa shape index (κ2) is 5.78. The smallest absolute Gasteiger partial charge is 0.323 e. The molecule has 1 N–H and O–H groups in total. The number of likely N-dealkylation sites (N-methyl/N-ethyl adjacent to an activating group) is 1. The van der Waals surface area contributed by atoms with Gasteiger partial charge in [-0.1, -0.05) is 18.2 Å². The summed E-state index contributed by atoms with van der Waals surface area (Å²) in [7, 11) is 1.46. The van der Waals surface area contributed by atoms with Crippen molar-refractivity contribution < 1.29 is 14.7 Å². The van der Waals surface area contributed by atoms with Crippen LogP contribution in [-0.4, -0.2) is 45.3 Å². The molecule has 0 aliphatic heterocycles. The first-order valence-corrected chi connectivity index (χ1v) is 6.49. The highest BCUT2D eigenvalue weighted by atomic mass is 16.4. The Labute approximate surface area is 122 Å². The Bertz CT molecular complexity index is 691. The molecule has 0 aliphatic rings. The highest BCUT2D eigenvalue weighted by molar-refractivity contribution is 5.96. The highest BCUT2D eigenvalue weighted by Crippen LogP contribution is 2.18. The second-order valence-corrected chi connectivity index (χ2v) is 4.90. The van der Waals surface area contributed by atoms with Gasteiger partial charge >= 0.3 is 5.97 Å². The number of hydrogen-bond acceptors (Lipinski definition) is 3. The summed E-state index contributed by atoms with van der Waals surface area (Å²) in [5.74, 6) is -1.40. The summed E-state index contributed by atoms with van der Waals surface area (Å²) in [5, 5.41) is 13.0. The van der Waals surface area contributed by atoms with Crippen molar-refractivity contribution in [1.29, 1.82) is 0 Å². The Kier molecular flexibility index (Phi) is 4.07. The topological polar surface area (TPSA) is 75.4 Å². The van der Waals surface area contributed by atoms with Crippen LogP contribution in [0.3, 0.4) is 0 Å². The minimum atomic E-state index is -1.05. The number of benzene rings is 1. The lowest BCUT2D eigenvalue weighted by atomic mass is 10.2. The number of aryl methyl sites for hydroxylation is 1. The number of carboxylic acids is 1. The van der Waals surface area contributed by atoms with Crippen LogP contribution in [0.1, 0.15) is 21.6 Å². The van der Waals surface area contributed by atoms with Crippen LogP contribution >= 0.6 is 0 Å². The zero-order valence-electron chi connectivity index (χ0n) is 12.2. The molecule has 0 bridgehead atoms. The molecule has 6 heteroatoms. The van der Waals surface area contributed by atoms with Crippen molar-refractivity contribution in [3.05, 3.63) is 47.3 Å². The number of para-hydroxylation sites is 1. The molecule has 0 spiro atoms. The Morgan fingerprint density at radius 1 is 1.29 bits per heavy atom. The van der Waals surface area contributed by atoms with Crippen molar-refractivity contribution in [2.24, 2.45) is 0 Å². The third-order valence-electron chi connectivity index (χ3n) is 3.30. The van der Waals surface area contributed by atoms with E-state index in [-0.39, 0.29) is 12.5 Å². The van der Waals surface area contributed by atoms with Crippen molar-refractivity contribution in [3.63, 3.8) is 0 Å². The van der Waals surface area contributed by atoms with Gasteiger partial charge in [0.1, 0.15) is 6.54 Å². The van der Waals surface area contributed by atoms with Gasteiger partial charge in [-0.2, -0.15) is 5.10 Å². The van der Waals surface area contributed by atoms with Gasteiger partial charge in [0.25, 0.3) is 5.91 Å². The summed E-state index contributed by atoms with van der Waals surface area (Å²) in [4.78, 5) is 24.1. The zero-order chi connectivity index (χ0) is 15.6. The molecule has 2 rings (SSSR count). The SMILES string of the molecule is Cc1ccccc1-n1ncc(C(=O)N(C)CC(=O)O)c1C. The highest BCUT2D eigenvalue weighted by Gasteiger charge is 2.20. The molecule has 1 aromatic carbocycles. The second-order valence-electron chi connectivity index (χ2n) is 4.90. The lowest BCUT2D eigenvalue weighted by Gasteiger charge is -2.14. The summed E-state index contributed by atoms with van der Waals surface area (Å²) in [6.45, 7) is 3.42. The summed E-state index contributed by atoms with van der Waals surface area (Å²) >= 11 is 0. The first-order chi connectivity index (χ1) is 9.91. The standard InChI is InChI=1S/C15H17N3O3/c1-10-6-4-5-7-13(10)18-11(2)12(8-16-18)15(21)17(3)9-14(19)20/h4-8H,9H2,1-3H3,(H,19,20).